The quantitative estimate of drug-likeness (QED) is 0.794. The van der Waals surface area contributed by atoms with Crippen LogP contribution in [0.3, 0.4) is 0 Å². The Balaban J connectivity index is 2.07. The van der Waals surface area contributed by atoms with Gasteiger partial charge in [-0.15, -0.1) is 10.2 Å². The average Bonchev–Trinajstić information content (AvgIpc) is 3.02. The number of carboxylic acid groups (broad SMARTS) is 1. The van der Waals surface area contributed by atoms with Gasteiger partial charge in [0.1, 0.15) is 5.82 Å². The lowest BCUT2D eigenvalue weighted by atomic mass is 10.2. The molecule has 0 aliphatic heterocycles. The predicted molar refractivity (Wildman–Crippen MR) is 75.8 cm³/mol. The molecule has 2 rings (SSSR count). The molecule has 2 aromatic rings. The number of rotatable bonds is 7. The van der Waals surface area contributed by atoms with Gasteiger partial charge >= 0.3 is 5.97 Å². The monoisotopic (exact) mass is 297 g/mol. The lowest BCUT2D eigenvalue weighted by Gasteiger charge is -2.07. The molecule has 0 radical (unpaired) electrons. The van der Waals surface area contributed by atoms with Crippen molar-refractivity contribution in [1.82, 2.24) is 14.8 Å². The second kappa shape index (κ2) is 6.72. The maximum absolute atomic E-state index is 10.6. The first-order valence-electron chi connectivity index (χ1n) is 5.98. The Kier molecular flexibility index (Phi) is 4.98. The largest absolute Gasteiger partial charge is 0.481 e. The molecule has 0 spiro atoms. The molecule has 0 unspecified atom stereocenters. The van der Waals surface area contributed by atoms with E-state index < -0.39 is 5.97 Å². The van der Waals surface area contributed by atoms with Gasteiger partial charge in [-0.05, 0) is 28.8 Å². The van der Waals surface area contributed by atoms with Crippen LogP contribution in [0.1, 0.15) is 18.3 Å². The maximum atomic E-state index is 10.6. The number of carbonyl (C=O) groups is 1. The first kappa shape index (κ1) is 14.1. The fourth-order valence-electron chi connectivity index (χ4n) is 1.71. The minimum absolute atomic E-state index is 0.0142. The van der Waals surface area contributed by atoms with Crippen molar-refractivity contribution in [3.63, 3.8) is 0 Å². The van der Waals surface area contributed by atoms with Crippen LogP contribution in [0.2, 0.25) is 0 Å². The zero-order chi connectivity index (χ0) is 13.7. The van der Waals surface area contributed by atoms with Crippen molar-refractivity contribution in [2.24, 2.45) is 0 Å². The highest BCUT2D eigenvalue weighted by Gasteiger charge is 2.12. The predicted octanol–water partition coefficient (Wildman–Crippen LogP) is 2.32. The molecular formula is C12H15N3O2S2. The SMILES string of the molecule is CCc1nnc(SCC(=O)O)n1CCc1ccsc1. The van der Waals surface area contributed by atoms with Crippen molar-refractivity contribution in [3.8, 4) is 0 Å². The molecule has 19 heavy (non-hydrogen) atoms. The Morgan fingerprint density at radius 2 is 2.37 bits per heavy atom. The van der Waals surface area contributed by atoms with E-state index in [1.807, 2.05) is 11.5 Å². The number of carboxylic acids is 1. The van der Waals surface area contributed by atoms with E-state index in [1.165, 1.54) is 17.3 Å². The van der Waals surface area contributed by atoms with E-state index in [4.69, 9.17) is 5.11 Å². The Morgan fingerprint density at radius 1 is 1.53 bits per heavy atom. The highest BCUT2D eigenvalue weighted by atomic mass is 32.2. The third kappa shape index (κ3) is 3.81. The van der Waals surface area contributed by atoms with E-state index in [2.05, 4.69) is 27.0 Å². The van der Waals surface area contributed by atoms with Crippen LogP contribution >= 0.6 is 23.1 Å². The van der Waals surface area contributed by atoms with E-state index in [1.54, 1.807) is 11.3 Å². The number of aryl methyl sites for hydroxylation is 2. The highest BCUT2D eigenvalue weighted by Crippen LogP contribution is 2.18. The molecule has 0 saturated heterocycles. The molecule has 0 aliphatic rings. The van der Waals surface area contributed by atoms with E-state index in [-0.39, 0.29) is 5.75 Å². The summed E-state index contributed by atoms with van der Waals surface area (Å²) in [5.41, 5.74) is 1.29. The highest BCUT2D eigenvalue weighted by molar-refractivity contribution is 7.99. The average molecular weight is 297 g/mol. The summed E-state index contributed by atoms with van der Waals surface area (Å²) in [7, 11) is 0. The molecular weight excluding hydrogens is 282 g/mol. The summed E-state index contributed by atoms with van der Waals surface area (Å²) in [6.45, 7) is 2.81. The minimum atomic E-state index is -0.838. The van der Waals surface area contributed by atoms with Gasteiger partial charge in [-0.25, -0.2) is 0 Å². The number of aliphatic carboxylic acids is 1. The van der Waals surface area contributed by atoms with Crippen LogP contribution in [0.5, 0.6) is 0 Å². The van der Waals surface area contributed by atoms with Crippen molar-refractivity contribution in [1.29, 1.82) is 0 Å². The van der Waals surface area contributed by atoms with Gasteiger partial charge in [0, 0.05) is 13.0 Å². The number of nitrogens with zero attached hydrogens (tertiary/aromatic N) is 3. The topological polar surface area (TPSA) is 68.0 Å². The summed E-state index contributed by atoms with van der Waals surface area (Å²) in [4.78, 5) is 10.6. The zero-order valence-corrected chi connectivity index (χ0v) is 12.2. The lowest BCUT2D eigenvalue weighted by Crippen LogP contribution is -2.08. The fraction of sp³-hybridized carbons (Fsp3) is 0.417. The van der Waals surface area contributed by atoms with Gasteiger partial charge in [-0.3, -0.25) is 4.79 Å². The number of hydrogen-bond acceptors (Lipinski definition) is 5. The van der Waals surface area contributed by atoms with Gasteiger partial charge in [-0.1, -0.05) is 18.7 Å². The van der Waals surface area contributed by atoms with Crippen molar-refractivity contribution in [2.75, 3.05) is 5.75 Å². The molecule has 102 valence electrons. The zero-order valence-electron chi connectivity index (χ0n) is 10.6. The molecule has 7 heteroatoms. The molecule has 0 aromatic carbocycles. The van der Waals surface area contributed by atoms with Crippen molar-refractivity contribution >= 4 is 29.1 Å². The van der Waals surface area contributed by atoms with Crippen molar-refractivity contribution in [2.45, 2.75) is 31.5 Å². The molecule has 2 heterocycles. The second-order valence-electron chi connectivity index (χ2n) is 3.97. The normalized spacial score (nSPS) is 10.8. The van der Waals surface area contributed by atoms with Gasteiger partial charge in [0.05, 0.1) is 5.75 Å². The van der Waals surface area contributed by atoms with Crippen LogP contribution in [0, 0.1) is 0 Å². The Hall–Kier alpha value is -1.34. The standard InChI is InChI=1S/C12H15N3O2S2/c1-2-10-13-14-12(19-8-11(16)17)15(10)5-3-9-4-6-18-7-9/h4,6-7H,2-3,5,8H2,1H3,(H,16,17). The van der Waals surface area contributed by atoms with E-state index in [9.17, 15) is 4.79 Å². The van der Waals surface area contributed by atoms with Crippen LogP contribution in [0.15, 0.2) is 22.0 Å². The number of aromatic nitrogens is 3. The molecule has 0 atom stereocenters. The summed E-state index contributed by atoms with van der Waals surface area (Å²) in [6.07, 6.45) is 1.71. The molecule has 5 nitrogen and oxygen atoms in total. The number of hydrogen-bond donors (Lipinski definition) is 1. The van der Waals surface area contributed by atoms with Crippen LogP contribution in [-0.2, 0) is 24.2 Å². The van der Waals surface area contributed by atoms with Gasteiger partial charge in [0.2, 0.25) is 0 Å². The summed E-state index contributed by atoms with van der Waals surface area (Å²) in [5, 5.41) is 21.8. The number of thioether (sulfide) groups is 1. The Labute approximate surface area is 119 Å². The molecule has 0 saturated carbocycles. The van der Waals surface area contributed by atoms with Crippen LogP contribution in [0.4, 0.5) is 0 Å². The summed E-state index contributed by atoms with van der Waals surface area (Å²) >= 11 is 2.90. The van der Waals surface area contributed by atoms with Gasteiger partial charge < -0.3 is 9.67 Å². The summed E-state index contributed by atoms with van der Waals surface area (Å²) in [6, 6.07) is 2.10. The maximum Gasteiger partial charge on any atom is 0.313 e. The van der Waals surface area contributed by atoms with Gasteiger partial charge in [0.25, 0.3) is 0 Å². The van der Waals surface area contributed by atoms with Crippen LogP contribution < -0.4 is 0 Å². The third-order valence-corrected chi connectivity index (χ3v) is 4.32. The van der Waals surface area contributed by atoms with Crippen LogP contribution in [0.25, 0.3) is 0 Å². The Bertz CT molecular complexity index is 537. The van der Waals surface area contributed by atoms with Crippen molar-refractivity contribution < 1.29 is 9.90 Å². The summed E-state index contributed by atoms with van der Waals surface area (Å²) in [5.74, 6) is 0.0823. The first-order valence-corrected chi connectivity index (χ1v) is 7.91. The van der Waals surface area contributed by atoms with E-state index >= 15 is 0 Å². The molecule has 0 fully saturated rings. The molecule has 0 aliphatic carbocycles. The third-order valence-electron chi connectivity index (χ3n) is 2.64. The first-order chi connectivity index (χ1) is 9.20. The lowest BCUT2D eigenvalue weighted by molar-refractivity contribution is -0.133. The van der Waals surface area contributed by atoms with E-state index in [0.29, 0.717) is 5.16 Å². The van der Waals surface area contributed by atoms with Gasteiger partial charge in [-0.2, -0.15) is 11.3 Å². The molecule has 0 bridgehead atoms. The van der Waals surface area contributed by atoms with Crippen LogP contribution in [-0.4, -0.2) is 31.6 Å². The van der Waals surface area contributed by atoms with Crippen molar-refractivity contribution in [3.05, 3.63) is 28.2 Å². The Morgan fingerprint density at radius 3 is 3.00 bits per heavy atom. The molecule has 1 N–H and O–H groups in total. The smallest absolute Gasteiger partial charge is 0.313 e. The fourth-order valence-corrected chi connectivity index (χ4v) is 3.12. The number of thiophene rings is 1. The van der Waals surface area contributed by atoms with Gasteiger partial charge in [0.15, 0.2) is 5.16 Å². The summed E-state index contributed by atoms with van der Waals surface area (Å²) < 4.78 is 2.02. The molecule has 0 amide bonds. The van der Waals surface area contributed by atoms with E-state index in [0.717, 1.165) is 25.2 Å². The molecule has 2 aromatic heterocycles. The second-order valence-corrected chi connectivity index (χ2v) is 5.69. The minimum Gasteiger partial charge on any atom is -0.481 e.